The van der Waals surface area contributed by atoms with E-state index in [1.165, 1.54) is 0 Å². The SMILES string of the molecule is [CH2]C(O)(O)O[O]. The molecule has 4 nitrogen and oxygen atoms in total. The van der Waals surface area contributed by atoms with Crippen molar-refractivity contribution in [3.8, 4) is 0 Å². The van der Waals surface area contributed by atoms with Crippen LogP contribution in [-0.2, 0) is 10.1 Å². The first-order valence-electron chi connectivity index (χ1n) is 1.17. The van der Waals surface area contributed by atoms with Crippen molar-refractivity contribution in [2.45, 2.75) is 5.97 Å². The van der Waals surface area contributed by atoms with Gasteiger partial charge in [0.1, 0.15) is 0 Å². The van der Waals surface area contributed by atoms with Crippen LogP contribution in [0.1, 0.15) is 0 Å². The van der Waals surface area contributed by atoms with Gasteiger partial charge >= 0.3 is 5.97 Å². The average Bonchev–Trinajstić information content (AvgIpc) is 1.35. The molecule has 0 aliphatic heterocycles. The minimum atomic E-state index is -2.76. The molecule has 0 aromatic rings. The van der Waals surface area contributed by atoms with Gasteiger partial charge in [0.2, 0.25) is 0 Å². The predicted molar refractivity (Wildman–Crippen MR) is 14.3 cm³/mol. The van der Waals surface area contributed by atoms with E-state index in [0.29, 0.717) is 0 Å². The first-order valence-corrected chi connectivity index (χ1v) is 1.17. The van der Waals surface area contributed by atoms with Crippen LogP contribution in [0.4, 0.5) is 0 Å². The van der Waals surface area contributed by atoms with E-state index in [9.17, 15) is 0 Å². The largest absolute Gasteiger partial charge is 0.342 e. The van der Waals surface area contributed by atoms with E-state index in [-0.39, 0.29) is 0 Å². The topological polar surface area (TPSA) is 69.6 Å². The predicted octanol–water partition coefficient (Wildman–Crippen LogP) is -1.18. The number of aliphatic hydroxyl groups is 2. The summed E-state index contributed by atoms with van der Waals surface area (Å²) in [6.07, 6.45) is 0. The minimum Gasteiger partial charge on any atom is -0.342 e. The van der Waals surface area contributed by atoms with E-state index in [1.54, 1.807) is 0 Å². The molecule has 0 saturated heterocycles. The second-order valence-electron chi connectivity index (χ2n) is 0.826. The van der Waals surface area contributed by atoms with Gasteiger partial charge in [0, 0.05) is 6.92 Å². The van der Waals surface area contributed by atoms with Gasteiger partial charge in [0.15, 0.2) is 0 Å². The Balaban J connectivity index is 3.17. The van der Waals surface area contributed by atoms with Crippen molar-refractivity contribution in [2.75, 3.05) is 0 Å². The highest BCUT2D eigenvalue weighted by molar-refractivity contribution is 4.44. The number of hydrogen-bond donors (Lipinski definition) is 2. The normalized spacial score (nSPS) is 12.0. The van der Waals surface area contributed by atoms with E-state index in [4.69, 9.17) is 15.5 Å². The first kappa shape index (κ1) is 5.84. The molecule has 2 radical (unpaired) electrons. The molecule has 0 aliphatic rings. The van der Waals surface area contributed by atoms with Gasteiger partial charge in [-0.1, -0.05) is 0 Å². The van der Waals surface area contributed by atoms with Crippen LogP contribution < -0.4 is 0 Å². The third-order valence-electron chi connectivity index (χ3n) is 0.133. The Morgan fingerprint density at radius 2 is 1.83 bits per heavy atom. The molecule has 4 heteroatoms. The van der Waals surface area contributed by atoms with Gasteiger partial charge in [-0.2, -0.15) is 0 Å². The summed E-state index contributed by atoms with van der Waals surface area (Å²) in [5.41, 5.74) is 0. The fourth-order valence-corrected chi connectivity index (χ4v) is 0. The molecule has 36 valence electrons. The summed E-state index contributed by atoms with van der Waals surface area (Å²) in [4.78, 5) is 2.69. The molecule has 0 aromatic carbocycles. The van der Waals surface area contributed by atoms with Crippen molar-refractivity contribution in [3.63, 3.8) is 0 Å². The van der Waals surface area contributed by atoms with E-state index in [2.05, 4.69) is 11.8 Å². The molecule has 0 bridgehead atoms. The zero-order valence-electron chi connectivity index (χ0n) is 2.92. The smallest absolute Gasteiger partial charge is 0.310 e. The van der Waals surface area contributed by atoms with Crippen LogP contribution in [0.2, 0.25) is 0 Å². The first-order chi connectivity index (χ1) is 2.56. The van der Waals surface area contributed by atoms with Crippen LogP contribution in [0.3, 0.4) is 0 Å². The van der Waals surface area contributed by atoms with Gasteiger partial charge in [-0.25, -0.2) is 0 Å². The molecule has 0 amide bonds. The Kier molecular flexibility index (Phi) is 1.48. The molecule has 0 spiro atoms. The lowest BCUT2D eigenvalue weighted by Gasteiger charge is -2.05. The maximum Gasteiger partial charge on any atom is 0.310 e. The summed E-state index contributed by atoms with van der Waals surface area (Å²) in [5, 5.41) is 24.4. The molecule has 0 saturated carbocycles. The Labute approximate surface area is 34.5 Å². The van der Waals surface area contributed by atoms with Crippen molar-refractivity contribution in [2.24, 2.45) is 0 Å². The number of rotatable bonds is 1. The lowest BCUT2D eigenvalue weighted by molar-refractivity contribution is -0.480. The van der Waals surface area contributed by atoms with E-state index < -0.39 is 5.97 Å². The quantitative estimate of drug-likeness (QED) is 0.243. The van der Waals surface area contributed by atoms with Crippen molar-refractivity contribution in [3.05, 3.63) is 6.92 Å². The van der Waals surface area contributed by atoms with Crippen LogP contribution in [0.5, 0.6) is 0 Å². The van der Waals surface area contributed by atoms with Gasteiger partial charge < -0.3 is 10.2 Å². The lowest BCUT2D eigenvalue weighted by atomic mass is 10.7. The Morgan fingerprint density at radius 3 is 1.83 bits per heavy atom. The second-order valence-corrected chi connectivity index (χ2v) is 0.826. The molecule has 0 atom stereocenters. The zero-order valence-corrected chi connectivity index (χ0v) is 2.92. The van der Waals surface area contributed by atoms with Crippen LogP contribution in [0, 0.1) is 6.92 Å². The van der Waals surface area contributed by atoms with Crippen molar-refractivity contribution in [1.29, 1.82) is 0 Å². The third-order valence-corrected chi connectivity index (χ3v) is 0.133. The molecule has 0 unspecified atom stereocenters. The monoisotopic (exact) mass is 92.0 g/mol. The fourth-order valence-electron chi connectivity index (χ4n) is 0. The van der Waals surface area contributed by atoms with Crippen LogP contribution in [0.15, 0.2) is 0 Å². The van der Waals surface area contributed by atoms with Crippen LogP contribution >= 0.6 is 0 Å². The number of hydrogen-bond acceptors (Lipinski definition) is 3. The molecule has 2 N–H and O–H groups in total. The average molecular weight is 92.0 g/mol. The summed E-state index contributed by atoms with van der Waals surface area (Å²) in [6, 6.07) is 0. The Morgan fingerprint density at radius 1 is 1.67 bits per heavy atom. The highest BCUT2D eigenvalue weighted by Gasteiger charge is 2.14. The second kappa shape index (κ2) is 1.53. The third kappa shape index (κ3) is 3.84. The molecule has 0 fully saturated rings. The maximum atomic E-state index is 8.89. The summed E-state index contributed by atoms with van der Waals surface area (Å²) < 4.78 is 0. The molecule has 0 aliphatic carbocycles. The molecule has 0 heterocycles. The van der Waals surface area contributed by atoms with Gasteiger partial charge in [-0.3, -0.25) is 0 Å². The molecule has 0 rings (SSSR count). The Hall–Kier alpha value is -0.160. The molecular weight excluding hydrogens is 88.0 g/mol. The standard InChI is InChI=1S/C2H4O4/c1-2(3,4)6-5/h3-4H,1H2. The molecule has 6 heavy (non-hydrogen) atoms. The van der Waals surface area contributed by atoms with Crippen molar-refractivity contribution >= 4 is 0 Å². The summed E-state index contributed by atoms with van der Waals surface area (Å²) in [5.74, 6) is -2.76. The minimum absolute atomic E-state index is 2.47. The fraction of sp³-hybridized carbons (Fsp3) is 0.500. The van der Waals surface area contributed by atoms with Crippen molar-refractivity contribution < 1.29 is 20.4 Å². The van der Waals surface area contributed by atoms with Gasteiger partial charge in [-0.15, -0.1) is 4.89 Å². The van der Waals surface area contributed by atoms with Gasteiger partial charge in [-0.05, 0) is 5.26 Å². The maximum absolute atomic E-state index is 8.89. The van der Waals surface area contributed by atoms with E-state index >= 15 is 0 Å². The highest BCUT2D eigenvalue weighted by Crippen LogP contribution is 1.92. The van der Waals surface area contributed by atoms with Crippen LogP contribution in [0.25, 0.3) is 0 Å². The zero-order chi connectivity index (χ0) is 5.21. The van der Waals surface area contributed by atoms with Gasteiger partial charge in [0.25, 0.3) is 0 Å². The summed E-state index contributed by atoms with van der Waals surface area (Å²) in [6.45, 7) is 2.47. The highest BCUT2D eigenvalue weighted by atomic mass is 17.2. The molecular formula is C2H4O4. The molecule has 0 aromatic heterocycles. The van der Waals surface area contributed by atoms with E-state index in [1.807, 2.05) is 0 Å². The van der Waals surface area contributed by atoms with Gasteiger partial charge in [0.05, 0.1) is 0 Å². The van der Waals surface area contributed by atoms with Crippen LogP contribution in [-0.4, -0.2) is 16.2 Å². The lowest BCUT2D eigenvalue weighted by Crippen LogP contribution is -2.24. The summed E-state index contributed by atoms with van der Waals surface area (Å²) >= 11 is 0. The van der Waals surface area contributed by atoms with E-state index in [0.717, 1.165) is 0 Å². The van der Waals surface area contributed by atoms with Crippen molar-refractivity contribution in [1.82, 2.24) is 0 Å². The summed E-state index contributed by atoms with van der Waals surface area (Å²) in [7, 11) is 0. The Bertz CT molecular complexity index is 35.3.